The van der Waals surface area contributed by atoms with Crippen molar-refractivity contribution in [3.05, 3.63) is 29.8 Å². The number of rotatable bonds is 4. The smallest absolute Gasteiger partial charge is 0.173 e. The lowest BCUT2D eigenvalue weighted by atomic mass is 9.98. The highest BCUT2D eigenvalue weighted by molar-refractivity contribution is 5.99. The largest absolute Gasteiger partial charge is 0.490 e. The van der Waals surface area contributed by atoms with Crippen LogP contribution in [0.2, 0.25) is 0 Å². The third-order valence-corrected chi connectivity index (χ3v) is 4.55. The second-order valence-electron chi connectivity index (χ2n) is 5.96. The summed E-state index contributed by atoms with van der Waals surface area (Å²) in [5.41, 5.74) is 6.39. The molecular formula is C16H22N2O3. The Morgan fingerprint density at radius 3 is 2.86 bits per heavy atom. The first-order valence-electron chi connectivity index (χ1n) is 7.60. The molecule has 5 nitrogen and oxygen atoms in total. The maximum Gasteiger partial charge on any atom is 0.173 e. The van der Waals surface area contributed by atoms with Gasteiger partial charge in [0.1, 0.15) is 12.4 Å². The maximum atomic E-state index is 8.81. The summed E-state index contributed by atoms with van der Waals surface area (Å²) in [6.07, 6.45) is 7.26. The fourth-order valence-corrected chi connectivity index (χ4v) is 3.44. The van der Waals surface area contributed by atoms with Gasteiger partial charge in [-0.05, 0) is 37.8 Å². The topological polar surface area (TPSA) is 77.1 Å². The van der Waals surface area contributed by atoms with Crippen molar-refractivity contribution in [2.24, 2.45) is 10.9 Å². The van der Waals surface area contributed by atoms with Crippen LogP contribution in [0, 0.1) is 0 Å². The Bertz CT molecular complexity index is 524. The third-order valence-electron chi connectivity index (χ3n) is 4.55. The zero-order valence-electron chi connectivity index (χ0n) is 12.1. The first kappa shape index (κ1) is 14.2. The van der Waals surface area contributed by atoms with E-state index in [1.165, 1.54) is 25.7 Å². The lowest BCUT2D eigenvalue weighted by Crippen LogP contribution is -2.27. The second kappa shape index (κ2) is 5.93. The molecule has 1 aromatic rings. The summed E-state index contributed by atoms with van der Waals surface area (Å²) in [5, 5.41) is 11.9. The molecule has 1 spiro atoms. The number of hydrogen-bond donors (Lipinski definition) is 2. The number of hydrogen-bond acceptors (Lipinski definition) is 4. The molecule has 1 aromatic carbocycles. The van der Waals surface area contributed by atoms with Gasteiger partial charge in [0.15, 0.2) is 5.84 Å². The van der Waals surface area contributed by atoms with E-state index >= 15 is 0 Å². The molecule has 2 fully saturated rings. The molecule has 3 rings (SSSR count). The molecule has 0 radical (unpaired) electrons. The zero-order valence-corrected chi connectivity index (χ0v) is 12.1. The molecule has 0 aromatic heterocycles. The van der Waals surface area contributed by atoms with Crippen LogP contribution in [0.3, 0.4) is 0 Å². The molecule has 114 valence electrons. The summed E-state index contributed by atoms with van der Waals surface area (Å²) in [6, 6.07) is 7.31. The molecule has 1 aliphatic heterocycles. The highest BCUT2D eigenvalue weighted by atomic mass is 16.6. The Morgan fingerprint density at radius 1 is 1.33 bits per heavy atom. The van der Waals surface area contributed by atoms with E-state index in [4.69, 9.17) is 20.4 Å². The molecule has 1 heterocycles. The molecule has 0 amide bonds. The number of oxime groups is 1. The molecule has 2 aliphatic rings. The molecule has 21 heavy (non-hydrogen) atoms. The van der Waals surface area contributed by atoms with Crippen molar-refractivity contribution >= 4 is 5.84 Å². The van der Waals surface area contributed by atoms with Crippen LogP contribution in [0.5, 0.6) is 5.75 Å². The molecule has 1 saturated heterocycles. The van der Waals surface area contributed by atoms with Crippen molar-refractivity contribution < 1.29 is 14.7 Å². The van der Waals surface area contributed by atoms with E-state index in [2.05, 4.69) is 5.16 Å². The van der Waals surface area contributed by atoms with Crippen LogP contribution < -0.4 is 10.5 Å². The minimum atomic E-state index is 0.0604. The Labute approximate surface area is 124 Å². The molecule has 1 unspecified atom stereocenters. The van der Waals surface area contributed by atoms with Crippen molar-refractivity contribution in [1.29, 1.82) is 0 Å². The summed E-state index contributed by atoms with van der Waals surface area (Å²) in [5.74, 6) is 0.689. The highest BCUT2D eigenvalue weighted by Crippen LogP contribution is 2.43. The number of para-hydroxylation sites is 1. The quantitative estimate of drug-likeness (QED) is 0.387. The van der Waals surface area contributed by atoms with Gasteiger partial charge in [0.2, 0.25) is 0 Å². The van der Waals surface area contributed by atoms with E-state index in [-0.39, 0.29) is 17.5 Å². The fraction of sp³-hybridized carbons (Fsp3) is 0.562. The van der Waals surface area contributed by atoms with Gasteiger partial charge in [-0.15, -0.1) is 0 Å². The summed E-state index contributed by atoms with van der Waals surface area (Å²) in [4.78, 5) is 0. The van der Waals surface area contributed by atoms with Gasteiger partial charge in [0.05, 0.1) is 17.3 Å². The zero-order chi connectivity index (χ0) is 14.7. The lowest BCUT2D eigenvalue weighted by Gasteiger charge is -2.24. The van der Waals surface area contributed by atoms with E-state index in [0.717, 1.165) is 12.8 Å². The summed E-state index contributed by atoms with van der Waals surface area (Å²) in [6.45, 7) is 0.511. The Hall–Kier alpha value is -1.75. The number of amidine groups is 1. The van der Waals surface area contributed by atoms with Gasteiger partial charge in [0.25, 0.3) is 0 Å². The van der Waals surface area contributed by atoms with E-state index in [0.29, 0.717) is 17.9 Å². The van der Waals surface area contributed by atoms with Crippen molar-refractivity contribution in [1.82, 2.24) is 0 Å². The number of nitrogens with zero attached hydrogens (tertiary/aromatic N) is 1. The van der Waals surface area contributed by atoms with Gasteiger partial charge in [-0.2, -0.15) is 0 Å². The van der Waals surface area contributed by atoms with E-state index in [1.807, 2.05) is 18.2 Å². The summed E-state index contributed by atoms with van der Waals surface area (Å²) >= 11 is 0. The Kier molecular flexibility index (Phi) is 4.01. The first-order chi connectivity index (χ1) is 10.2. The van der Waals surface area contributed by atoms with Crippen LogP contribution in [0.25, 0.3) is 0 Å². The van der Waals surface area contributed by atoms with Crippen LogP contribution in [0.1, 0.15) is 44.1 Å². The molecular weight excluding hydrogens is 268 g/mol. The van der Waals surface area contributed by atoms with Crippen LogP contribution in [0.4, 0.5) is 0 Å². The van der Waals surface area contributed by atoms with Gasteiger partial charge in [0, 0.05) is 0 Å². The van der Waals surface area contributed by atoms with E-state index in [1.54, 1.807) is 6.07 Å². The third kappa shape index (κ3) is 2.97. The van der Waals surface area contributed by atoms with Crippen LogP contribution >= 0.6 is 0 Å². The normalized spacial score (nSPS) is 24.6. The molecule has 3 N–H and O–H groups in total. The lowest BCUT2D eigenvalue weighted by molar-refractivity contribution is -0.0509. The van der Waals surface area contributed by atoms with Gasteiger partial charge in [-0.3, -0.25) is 0 Å². The highest BCUT2D eigenvalue weighted by Gasteiger charge is 2.42. The molecule has 0 bridgehead atoms. The van der Waals surface area contributed by atoms with Crippen molar-refractivity contribution in [3.63, 3.8) is 0 Å². The van der Waals surface area contributed by atoms with Gasteiger partial charge in [-0.25, -0.2) is 0 Å². The molecule has 5 heteroatoms. The second-order valence-corrected chi connectivity index (χ2v) is 5.96. The van der Waals surface area contributed by atoms with E-state index in [9.17, 15) is 0 Å². The molecule has 1 atom stereocenters. The first-order valence-corrected chi connectivity index (χ1v) is 7.60. The van der Waals surface area contributed by atoms with E-state index < -0.39 is 0 Å². The average Bonchev–Trinajstić information content (AvgIpc) is 3.15. The number of nitrogens with two attached hydrogens (primary N) is 1. The number of benzene rings is 1. The SMILES string of the molecule is N/C(=N/O)c1ccccc1OCC1CCC2(CCCC2)O1. The monoisotopic (exact) mass is 290 g/mol. The van der Waals surface area contributed by atoms with Crippen molar-refractivity contribution in [3.8, 4) is 5.75 Å². The fourth-order valence-electron chi connectivity index (χ4n) is 3.44. The van der Waals surface area contributed by atoms with Gasteiger partial charge < -0.3 is 20.4 Å². The Morgan fingerprint density at radius 2 is 2.10 bits per heavy atom. The molecule has 1 aliphatic carbocycles. The average molecular weight is 290 g/mol. The molecule has 1 saturated carbocycles. The summed E-state index contributed by atoms with van der Waals surface area (Å²) < 4.78 is 12.1. The van der Waals surface area contributed by atoms with Crippen molar-refractivity contribution in [2.45, 2.75) is 50.2 Å². The van der Waals surface area contributed by atoms with Gasteiger partial charge >= 0.3 is 0 Å². The summed E-state index contributed by atoms with van der Waals surface area (Å²) in [7, 11) is 0. The van der Waals surface area contributed by atoms with Crippen LogP contribution in [-0.2, 0) is 4.74 Å². The minimum absolute atomic E-state index is 0.0604. The van der Waals surface area contributed by atoms with Crippen LogP contribution in [-0.4, -0.2) is 29.4 Å². The van der Waals surface area contributed by atoms with Crippen LogP contribution in [0.15, 0.2) is 29.4 Å². The standard InChI is InChI=1S/C16H22N2O3/c17-15(18-19)13-5-1-2-6-14(13)20-11-12-7-10-16(21-12)8-3-4-9-16/h1-2,5-6,12,19H,3-4,7-11H2,(H2,17,18). The van der Waals surface area contributed by atoms with Gasteiger partial charge in [-0.1, -0.05) is 30.1 Å². The Balaban J connectivity index is 1.61. The number of ether oxygens (including phenoxy) is 2. The predicted molar refractivity (Wildman–Crippen MR) is 79.8 cm³/mol. The minimum Gasteiger partial charge on any atom is -0.490 e. The predicted octanol–water partition coefficient (Wildman–Crippen LogP) is 2.65. The van der Waals surface area contributed by atoms with Crippen molar-refractivity contribution in [2.75, 3.05) is 6.61 Å². The maximum absolute atomic E-state index is 8.81.